The zero-order chi connectivity index (χ0) is 19.9. The van der Waals surface area contributed by atoms with E-state index in [9.17, 15) is 9.59 Å². The van der Waals surface area contributed by atoms with Crippen molar-refractivity contribution in [1.82, 2.24) is 0 Å². The van der Waals surface area contributed by atoms with Crippen molar-refractivity contribution in [3.05, 3.63) is 65.2 Å². The molecule has 1 amide bonds. The fourth-order valence-corrected chi connectivity index (χ4v) is 2.20. The molecule has 0 spiro atoms. The monoisotopic (exact) mass is 421 g/mol. The molecule has 0 saturated heterocycles. The summed E-state index contributed by atoms with van der Waals surface area (Å²) in [6.07, 6.45) is 3.30. The number of aryl methyl sites for hydroxylation is 1. The summed E-state index contributed by atoms with van der Waals surface area (Å²) >= 11 is 0. The minimum atomic E-state index is -1.11. The zero-order valence-corrected chi connectivity index (χ0v) is 16.5. The lowest BCUT2D eigenvalue weighted by Crippen LogP contribution is -2.16. The number of carboxylic acids is 1. The smallest absolute Gasteiger partial charge is 0.336 e. The molecule has 4 nitrogen and oxygen atoms in total. The van der Waals surface area contributed by atoms with Crippen LogP contribution < -0.4 is 5.32 Å². The average molecular weight is 422 g/mol. The number of unbranched alkanes of at least 4 members (excludes halogenated alkanes) is 1. The molecule has 0 radical (unpaired) electrons. The van der Waals surface area contributed by atoms with Crippen molar-refractivity contribution < 1.29 is 14.7 Å². The number of hydrogen-bond donors (Lipinski definition) is 2. The van der Waals surface area contributed by atoms with Crippen LogP contribution in [-0.2, 0) is 6.42 Å². The highest BCUT2D eigenvalue weighted by Gasteiger charge is 2.15. The van der Waals surface area contributed by atoms with Gasteiger partial charge in [-0.2, -0.15) is 0 Å². The molecule has 0 aliphatic heterocycles. The maximum Gasteiger partial charge on any atom is 0.336 e. The molecule has 0 atom stereocenters. The van der Waals surface area contributed by atoms with Crippen LogP contribution in [0.1, 0.15) is 103 Å². The van der Waals surface area contributed by atoms with E-state index >= 15 is 0 Å². The highest BCUT2D eigenvalue weighted by Crippen LogP contribution is 2.15. The Balaban J connectivity index is -0.000000246. The largest absolute Gasteiger partial charge is 0.478 e. The molecule has 0 saturated carbocycles. The molecule has 0 unspecified atom stereocenters. The molecule has 2 aromatic carbocycles. The zero-order valence-electron chi connectivity index (χ0n) is 16.5. The van der Waals surface area contributed by atoms with Gasteiger partial charge in [0.1, 0.15) is 0 Å². The first-order valence-electron chi connectivity index (χ1n) is 9.34. The van der Waals surface area contributed by atoms with Crippen LogP contribution in [0.2, 0.25) is 0 Å². The summed E-state index contributed by atoms with van der Waals surface area (Å²) in [4.78, 5) is 23.4. The van der Waals surface area contributed by atoms with Gasteiger partial charge in [-0.25, -0.2) is 4.79 Å². The highest BCUT2D eigenvalue weighted by molar-refractivity contribution is 6.10. The van der Waals surface area contributed by atoms with E-state index in [0.717, 1.165) is 19.3 Å². The Morgan fingerprint density at radius 3 is 1.70 bits per heavy atom. The number of hydrogen-bond acceptors (Lipinski definition) is 2. The third kappa shape index (κ3) is 12.8. The van der Waals surface area contributed by atoms with Gasteiger partial charge in [-0.1, -0.05) is 95.0 Å². The van der Waals surface area contributed by atoms with Gasteiger partial charge in [0.05, 0.1) is 11.1 Å². The standard InChI is InChI=1S/C18H19NO3.2C2H6.4CH4/c1-2-3-6-13-9-11-14(12-10-13)19-17(20)15-7-4-5-8-16(15)18(21)22;2*1-2;;;;/h4-5,7-12H,2-3,6H2,1H3,(H,19,20)(H,21,22);2*1-2H3;4*1H4. The normalized spacial score (nSPS) is 7.90. The van der Waals surface area contributed by atoms with E-state index in [2.05, 4.69) is 12.2 Å². The second kappa shape index (κ2) is 22.7. The summed E-state index contributed by atoms with van der Waals surface area (Å²) in [6.45, 7) is 10.1. The Labute approximate surface area is 186 Å². The first-order valence-corrected chi connectivity index (χ1v) is 9.34. The maximum atomic E-state index is 12.2. The second-order valence-electron chi connectivity index (χ2n) is 5.11. The third-order valence-corrected chi connectivity index (χ3v) is 3.43. The number of benzene rings is 2. The Hall–Kier alpha value is -2.62. The van der Waals surface area contributed by atoms with Crippen LogP contribution in [0, 0.1) is 0 Å². The Kier molecular flexibility index (Phi) is 28.7. The van der Waals surface area contributed by atoms with E-state index < -0.39 is 11.9 Å². The van der Waals surface area contributed by atoms with Gasteiger partial charge in [-0.3, -0.25) is 4.79 Å². The maximum absolute atomic E-state index is 12.2. The van der Waals surface area contributed by atoms with Crippen LogP contribution in [0.5, 0.6) is 0 Å². The first kappa shape index (κ1) is 38.0. The van der Waals surface area contributed by atoms with Crippen molar-refractivity contribution in [3.8, 4) is 0 Å². The van der Waals surface area contributed by atoms with Crippen molar-refractivity contribution >= 4 is 17.6 Å². The average Bonchev–Trinajstić information content (AvgIpc) is 2.70. The Bertz CT molecular complexity index is 664. The van der Waals surface area contributed by atoms with E-state index in [1.165, 1.54) is 17.7 Å². The van der Waals surface area contributed by atoms with Gasteiger partial charge in [-0.15, -0.1) is 0 Å². The Morgan fingerprint density at radius 2 is 1.27 bits per heavy atom. The lowest BCUT2D eigenvalue weighted by atomic mass is 10.1. The molecule has 0 heterocycles. The quantitative estimate of drug-likeness (QED) is 0.491. The summed E-state index contributed by atoms with van der Waals surface area (Å²) in [5.74, 6) is -1.53. The molecule has 0 aromatic heterocycles. The molecule has 0 aliphatic rings. The fourth-order valence-electron chi connectivity index (χ4n) is 2.20. The van der Waals surface area contributed by atoms with Crippen LogP contribution >= 0.6 is 0 Å². The SMILES string of the molecule is C.C.C.C.CC.CC.CCCCc1ccc(NC(=O)c2ccccc2C(=O)O)cc1. The molecule has 174 valence electrons. The molecular formula is C26H47NO3. The molecule has 2 aromatic rings. The molecule has 0 aliphatic carbocycles. The number of anilines is 1. The lowest BCUT2D eigenvalue weighted by Gasteiger charge is -2.08. The number of rotatable bonds is 6. The van der Waals surface area contributed by atoms with E-state index in [0.29, 0.717) is 5.69 Å². The van der Waals surface area contributed by atoms with Gasteiger partial charge < -0.3 is 10.4 Å². The molecule has 4 heteroatoms. The minimum absolute atomic E-state index is 0. The topological polar surface area (TPSA) is 66.4 Å². The Morgan fingerprint density at radius 1 is 0.800 bits per heavy atom. The van der Waals surface area contributed by atoms with Crippen LogP contribution in [0.15, 0.2) is 48.5 Å². The van der Waals surface area contributed by atoms with E-state index in [1.807, 2.05) is 52.0 Å². The summed E-state index contributed by atoms with van der Waals surface area (Å²) < 4.78 is 0. The molecular weight excluding hydrogens is 374 g/mol. The van der Waals surface area contributed by atoms with E-state index in [1.54, 1.807) is 12.1 Å². The van der Waals surface area contributed by atoms with Crippen molar-refractivity contribution in [2.24, 2.45) is 0 Å². The fraction of sp³-hybridized carbons (Fsp3) is 0.462. The number of carbonyl (C=O) groups excluding carboxylic acids is 1. The highest BCUT2D eigenvalue weighted by atomic mass is 16.4. The molecule has 30 heavy (non-hydrogen) atoms. The van der Waals surface area contributed by atoms with Crippen molar-refractivity contribution in [3.63, 3.8) is 0 Å². The van der Waals surface area contributed by atoms with Gasteiger partial charge in [0.25, 0.3) is 5.91 Å². The van der Waals surface area contributed by atoms with E-state index in [4.69, 9.17) is 5.11 Å². The van der Waals surface area contributed by atoms with Crippen molar-refractivity contribution in [1.29, 1.82) is 0 Å². The van der Waals surface area contributed by atoms with Gasteiger partial charge in [0.2, 0.25) is 0 Å². The first-order chi connectivity index (χ1) is 12.6. The van der Waals surface area contributed by atoms with Gasteiger partial charge in [-0.05, 0) is 42.7 Å². The van der Waals surface area contributed by atoms with Crippen LogP contribution in [-0.4, -0.2) is 17.0 Å². The number of carbonyl (C=O) groups is 2. The summed E-state index contributed by atoms with van der Waals surface area (Å²) in [6, 6.07) is 13.8. The summed E-state index contributed by atoms with van der Waals surface area (Å²) in [5, 5.41) is 11.9. The van der Waals surface area contributed by atoms with Crippen LogP contribution in [0.4, 0.5) is 5.69 Å². The predicted octanol–water partition coefficient (Wildman–Crippen LogP) is 8.58. The van der Waals surface area contributed by atoms with Crippen LogP contribution in [0.25, 0.3) is 0 Å². The molecule has 2 N–H and O–H groups in total. The summed E-state index contributed by atoms with van der Waals surface area (Å²) in [5.41, 5.74) is 2.04. The number of carboxylic acid groups (broad SMARTS) is 1. The minimum Gasteiger partial charge on any atom is -0.478 e. The number of nitrogens with one attached hydrogen (secondary N) is 1. The third-order valence-electron chi connectivity index (χ3n) is 3.43. The molecule has 0 fully saturated rings. The van der Waals surface area contributed by atoms with Gasteiger partial charge >= 0.3 is 5.97 Å². The lowest BCUT2D eigenvalue weighted by molar-refractivity contribution is 0.0692. The predicted molar refractivity (Wildman–Crippen MR) is 136 cm³/mol. The van der Waals surface area contributed by atoms with Crippen molar-refractivity contribution in [2.75, 3.05) is 5.32 Å². The van der Waals surface area contributed by atoms with Crippen molar-refractivity contribution in [2.45, 2.75) is 83.6 Å². The van der Waals surface area contributed by atoms with Gasteiger partial charge in [0.15, 0.2) is 0 Å². The van der Waals surface area contributed by atoms with Crippen LogP contribution in [0.3, 0.4) is 0 Å². The molecule has 2 rings (SSSR count). The van der Waals surface area contributed by atoms with Gasteiger partial charge in [0, 0.05) is 5.69 Å². The number of aromatic carboxylic acids is 1. The molecule has 0 bridgehead atoms. The summed E-state index contributed by atoms with van der Waals surface area (Å²) in [7, 11) is 0. The van der Waals surface area contributed by atoms with E-state index in [-0.39, 0.29) is 40.8 Å². The number of amides is 1. The second-order valence-corrected chi connectivity index (χ2v) is 5.11.